The van der Waals surface area contributed by atoms with Crippen molar-refractivity contribution in [1.82, 2.24) is 4.90 Å². The van der Waals surface area contributed by atoms with Crippen LogP contribution in [0.4, 0.5) is 0 Å². The number of hydrogen-bond acceptors (Lipinski definition) is 4. The molecular weight excluding hydrogens is 182 g/mol. The molecule has 3 unspecified atom stereocenters. The largest absolute Gasteiger partial charge is 0.396 e. The van der Waals surface area contributed by atoms with Crippen LogP contribution in [-0.2, 0) is 9.47 Å². The van der Waals surface area contributed by atoms with Gasteiger partial charge in [0.25, 0.3) is 0 Å². The van der Waals surface area contributed by atoms with Crippen molar-refractivity contribution in [2.75, 3.05) is 33.4 Å². The first-order valence-electron chi connectivity index (χ1n) is 5.36. The van der Waals surface area contributed by atoms with Crippen molar-refractivity contribution in [3.05, 3.63) is 0 Å². The highest BCUT2D eigenvalue weighted by Gasteiger charge is 2.35. The highest BCUT2D eigenvalue weighted by atomic mass is 16.7. The van der Waals surface area contributed by atoms with Crippen LogP contribution in [0.25, 0.3) is 0 Å². The molecular formula is C10H19NO3. The number of likely N-dealkylation sites (tertiary alicyclic amines) is 1. The van der Waals surface area contributed by atoms with Crippen LogP contribution in [0.15, 0.2) is 0 Å². The lowest BCUT2D eigenvalue weighted by Crippen LogP contribution is -2.25. The summed E-state index contributed by atoms with van der Waals surface area (Å²) in [6.07, 6.45) is 1.93. The summed E-state index contributed by atoms with van der Waals surface area (Å²) in [6.45, 7) is 3.03. The normalized spacial score (nSPS) is 39.4. The molecule has 0 aliphatic carbocycles. The van der Waals surface area contributed by atoms with Crippen LogP contribution >= 0.6 is 0 Å². The molecule has 2 aliphatic heterocycles. The van der Waals surface area contributed by atoms with Crippen molar-refractivity contribution in [3.8, 4) is 0 Å². The summed E-state index contributed by atoms with van der Waals surface area (Å²) in [7, 11) is 2.13. The van der Waals surface area contributed by atoms with Gasteiger partial charge in [0.05, 0.1) is 12.7 Å². The fourth-order valence-electron chi connectivity index (χ4n) is 2.20. The van der Waals surface area contributed by atoms with Crippen molar-refractivity contribution >= 4 is 0 Å². The molecule has 4 heteroatoms. The molecule has 14 heavy (non-hydrogen) atoms. The van der Waals surface area contributed by atoms with Gasteiger partial charge in [-0.2, -0.15) is 0 Å². The van der Waals surface area contributed by atoms with Gasteiger partial charge < -0.3 is 19.5 Å². The van der Waals surface area contributed by atoms with Gasteiger partial charge in [-0.3, -0.25) is 0 Å². The molecule has 4 nitrogen and oxygen atoms in total. The first-order chi connectivity index (χ1) is 6.79. The molecule has 82 valence electrons. The van der Waals surface area contributed by atoms with E-state index < -0.39 is 0 Å². The molecule has 0 radical (unpaired) electrons. The number of aliphatic hydroxyl groups excluding tert-OH is 1. The Morgan fingerprint density at radius 1 is 1.50 bits per heavy atom. The summed E-state index contributed by atoms with van der Waals surface area (Å²) in [4.78, 5) is 2.30. The van der Waals surface area contributed by atoms with E-state index in [1.165, 1.54) is 0 Å². The van der Waals surface area contributed by atoms with E-state index in [2.05, 4.69) is 11.9 Å². The van der Waals surface area contributed by atoms with Crippen molar-refractivity contribution in [2.45, 2.75) is 25.2 Å². The predicted molar refractivity (Wildman–Crippen MR) is 51.9 cm³/mol. The quantitative estimate of drug-likeness (QED) is 0.701. The third-order valence-corrected chi connectivity index (χ3v) is 3.04. The van der Waals surface area contributed by atoms with Gasteiger partial charge in [-0.15, -0.1) is 0 Å². The van der Waals surface area contributed by atoms with E-state index in [0.29, 0.717) is 18.9 Å². The van der Waals surface area contributed by atoms with Gasteiger partial charge in [-0.1, -0.05) is 0 Å². The molecule has 1 N–H and O–H groups in total. The number of rotatable bonds is 3. The SMILES string of the molecule is CN1CCC(C2OCC(CCO)O2)C1. The summed E-state index contributed by atoms with van der Waals surface area (Å²) in [5, 5.41) is 8.78. The fourth-order valence-corrected chi connectivity index (χ4v) is 2.20. The van der Waals surface area contributed by atoms with Crippen LogP contribution in [0.5, 0.6) is 0 Å². The smallest absolute Gasteiger partial charge is 0.162 e. The Labute approximate surface area is 84.8 Å². The Balaban J connectivity index is 1.78. The summed E-state index contributed by atoms with van der Waals surface area (Å²) in [5.74, 6) is 0.517. The van der Waals surface area contributed by atoms with Crippen molar-refractivity contribution in [3.63, 3.8) is 0 Å². The van der Waals surface area contributed by atoms with Crippen LogP contribution in [0.2, 0.25) is 0 Å². The number of nitrogens with zero attached hydrogens (tertiary/aromatic N) is 1. The van der Waals surface area contributed by atoms with E-state index in [-0.39, 0.29) is 19.0 Å². The molecule has 2 rings (SSSR count). The molecule has 2 saturated heterocycles. The number of aliphatic hydroxyl groups is 1. The average molecular weight is 201 g/mol. The molecule has 0 spiro atoms. The van der Waals surface area contributed by atoms with Crippen molar-refractivity contribution in [1.29, 1.82) is 0 Å². The second-order valence-corrected chi connectivity index (χ2v) is 4.28. The minimum atomic E-state index is -0.0310. The first kappa shape index (κ1) is 10.4. The number of ether oxygens (including phenoxy) is 2. The van der Waals surface area contributed by atoms with E-state index in [9.17, 15) is 0 Å². The van der Waals surface area contributed by atoms with Crippen molar-refractivity contribution in [2.24, 2.45) is 5.92 Å². The average Bonchev–Trinajstić information content (AvgIpc) is 2.74. The van der Waals surface area contributed by atoms with Crippen LogP contribution in [0.1, 0.15) is 12.8 Å². The van der Waals surface area contributed by atoms with Gasteiger partial charge in [-0.05, 0) is 26.4 Å². The summed E-state index contributed by atoms with van der Waals surface area (Å²) in [6, 6.07) is 0. The second kappa shape index (κ2) is 4.57. The third-order valence-electron chi connectivity index (χ3n) is 3.04. The van der Waals surface area contributed by atoms with Gasteiger partial charge in [0.1, 0.15) is 0 Å². The zero-order valence-electron chi connectivity index (χ0n) is 8.69. The van der Waals surface area contributed by atoms with Crippen molar-refractivity contribution < 1.29 is 14.6 Å². The minimum Gasteiger partial charge on any atom is -0.396 e. The lowest BCUT2D eigenvalue weighted by molar-refractivity contribution is -0.0947. The maximum atomic E-state index is 8.78. The molecule has 3 atom stereocenters. The topological polar surface area (TPSA) is 41.9 Å². The zero-order chi connectivity index (χ0) is 9.97. The van der Waals surface area contributed by atoms with Crippen LogP contribution in [-0.4, -0.2) is 55.8 Å². The van der Waals surface area contributed by atoms with E-state index in [4.69, 9.17) is 14.6 Å². The van der Waals surface area contributed by atoms with Gasteiger partial charge in [-0.25, -0.2) is 0 Å². The van der Waals surface area contributed by atoms with Crippen LogP contribution in [0, 0.1) is 5.92 Å². The maximum absolute atomic E-state index is 8.78. The Bertz CT molecular complexity index is 188. The summed E-state index contributed by atoms with van der Waals surface area (Å²) in [5.41, 5.74) is 0. The molecule has 0 aromatic heterocycles. The molecule has 2 aliphatic rings. The molecule has 0 amide bonds. The van der Waals surface area contributed by atoms with Crippen LogP contribution < -0.4 is 0 Å². The molecule has 2 fully saturated rings. The monoisotopic (exact) mass is 201 g/mol. The lowest BCUT2D eigenvalue weighted by atomic mass is 10.1. The molecule has 0 bridgehead atoms. The van der Waals surface area contributed by atoms with E-state index in [0.717, 1.165) is 19.5 Å². The van der Waals surface area contributed by atoms with Gasteiger partial charge >= 0.3 is 0 Å². The van der Waals surface area contributed by atoms with Gasteiger partial charge in [0.2, 0.25) is 0 Å². The highest BCUT2D eigenvalue weighted by Crippen LogP contribution is 2.27. The summed E-state index contributed by atoms with van der Waals surface area (Å²) >= 11 is 0. The van der Waals surface area contributed by atoms with E-state index >= 15 is 0 Å². The number of hydrogen-bond donors (Lipinski definition) is 1. The highest BCUT2D eigenvalue weighted by molar-refractivity contribution is 4.79. The minimum absolute atomic E-state index is 0.0310. The molecule has 0 aromatic carbocycles. The lowest BCUT2D eigenvalue weighted by Gasteiger charge is -2.17. The maximum Gasteiger partial charge on any atom is 0.162 e. The summed E-state index contributed by atoms with van der Waals surface area (Å²) < 4.78 is 11.3. The van der Waals surface area contributed by atoms with Crippen LogP contribution in [0.3, 0.4) is 0 Å². The molecule has 0 aromatic rings. The predicted octanol–water partition coefficient (Wildman–Crippen LogP) is 0.0620. The third kappa shape index (κ3) is 2.25. The van der Waals surface area contributed by atoms with E-state index in [1.54, 1.807) is 0 Å². The molecule has 0 saturated carbocycles. The first-order valence-corrected chi connectivity index (χ1v) is 5.36. The standard InChI is InChI=1S/C10H19NO3/c1-11-4-2-8(6-11)10-13-7-9(14-10)3-5-12/h8-10,12H,2-7H2,1H3. The Kier molecular flexibility index (Phi) is 3.38. The van der Waals surface area contributed by atoms with E-state index in [1.807, 2.05) is 0 Å². The zero-order valence-corrected chi connectivity index (χ0v) is 8.69. The second-order valence-electron chi connectivity index (χ2n) is 4.28. The Morgan fingerprint density at radius 2 is 2.36 bits per heavy atom. The Hall–Kier alpha value is -0.160. The Morgan fingerprint density at radius 3 is 3.00 bits per heavy atom. The van der Waals surface area contributed by atoms with Gasteiger partial charge in [0, 0.05) is 19.1 Å². The fraction of sp³-hybridized carbons (Fsp3) is 1.00. The molecule has 2 heterocycles. The van der Waals surface area contributed by atoms with Gasteiger partial charge in [0.15, 0.2) is 6.29 Å².